The molecule has 1 amide bonds. The fourth-order valence-electron chi connectivity index (χ4n) is 2.09. The molecule has 1 fully saturated rings. The van der Waals surface area contributed by atoms with Gasteiger partial charge in [-0.1, -0.05) is 0 Å². The number of fused-ring (bicyclic) bond motifs is 3. The maximum atomic E-state index is 11.1. The van der Waals surface area contributed by atoms with E-state index < -0.39 is 4.92 Å². The first-order valence-corrected chi connectivity index (χ1v) is 5.44. The van der Waals surface area contributed by atoms with E-state index in [1.54, 1.807) is 6.07 Å². The van der Waals surface area contributed by atoms with Crippen molar-refractivity contribution in [1.29, 1.82) is 0 Å². The first kappa shape index (κ1) is 11.0. The number of nitrogens with one attached hydrogen (secondary N) is 1. The number of rotatable bonds is 2. The van der Waals surface area contributed by atoms with Crippen LogP contribution in [0.15, 0.2) is 12.1 Å². The van der Waals surface area contributed by atoms with Crippen LogP contribution in [0.2, 0.25) is 0 Å². The topological polar surface area (TPSA) is 94.0 Å². The summed E-state index contributed by atoms with van der Waals surface area (Å²) in [4.78, 5) is 21.5. The molecule has 2 aliphatic rings. The Hall–Kier alpha value is -2.15. The average Bonchev–Trinajstić information content (AvgIpc) is 3.06. The van der Waals surface area contributed by atoms with Crippen LogP contribution in [-0.4, -0.2) is 23.5 Å². The number of epoxide rings is 1. The van der Waals surface area contributed by atoms with E-state index in [4.69, 9.17) is 9.47 Å². The predicted molar refractivity (Wildman–Crippen MR) is 60.5 cm³/mol. The van der Waals surface area contributed by atoms with E-state index in [0.29, 0.717) is 12.4 Å². The van der Waals surface area contributed by atoms with Gasteiger partial charge in [-0.05, 0) is 6.07 Å². The second-order valence-corrected chi connectivity index (χ2v) is 4.25. The molecule has 1 saturated heterocycles. The van der Waals surface area contributed by atoms with Gasteiger partial charge in [0.05, 0.1) is 11.0 Å². The Balaban J connectivity index is 2.08. The Morgan fingerprint density at radius 1 is 1.56 bits per heavy atom. The molecule has 7 heteroatoms. The molecule has 1 aromatic rings. The number of benzene rings is 1. The van der Waals surface area contributed by atoms with Crippen LogP contribution in [0.4, 0.5) is 11.4 Å². The average molecular weight is 250 g/mol. The van der Waals surface area contributed by atoms with Gasteiger partial charge < -0.3 is 14.8 Å². The zero-order valence-corrected chi connectivity index (χ0v) is 9.50. The van der Waals surface area contributed by atoms with Crippen molar-refractivity contribution >= 4 is 17.3 Å². The number of hydrogen-bond donors (Lipinski definition) is 1. The highest BCUT2D eigenvalue weighted by Crippen LogP contribution is 2.49. The van der Waals surface area contributed by atoms with Gasteiger partial charge in [0.2, 0.25) is 5.91 Å². The molecule has 2 aliphatic heterocycles. The molecule has 0 unspecified atom stereocenters. The number of nitro groups is 1. The fraction of sp³-hybridized carbons (Fsp3) is 0.364. The van der Waals surface area contributed by atoms with E-state index in [2.05, 4.69) is 5.32 Å². The Morgan fingerprint density at radius 2 is 2.33 bits per heavy atom. The number of hydrogen-bond acceptors (Lipinski definition) is 5. The van der Waals surface area contributed by atoms with Crippen molar-refractivity contribution < 1.29 is 19.2 Å². The summed E-state index contributed by atoms with van der Waals surface area (Å²) in [6.07, 6.45) is -0.0359. The molecule has 2 heterocycles. The van der Waals surface area contributed by atoms with Crippen LogP contribution >= 0.6 is 0 Å². The van der Waals surface area contributed by atoms with Gasteiger partial charge in [0.25, 0.3) is 5.69 Å². The molecule has 0 radical (unpaired) electrons. The first-order valence-electron chi connectivity index (χ1n) is 5.44. The van der Waals surface area contributed by atoms with Gasteiger partial charge >= 0.3 is 0 Å². The van der Waals surface area contributed by atoms with Gasteiger partial charge in [0, 0.05) is 12.5 Å². The number of carbonyl (C=O) groups is 1. The molecule has 2 atom stereocenters. The summed E-state index contributed by atoms with van der Waals surface area (Å²) < 4.78 is 10.7. The van der Waals surface area contributed by atoms with E-state index in [1.807, 2.05) is 0 Å². The van der Waals surface area contributed by atoms with E-state index in [-0.39, 0.29) is 29.5 Å². The monoisotopic (exact) mass is 250 g/mol. The van der Waals surface area contributed by atoms with Crippen LogP contribution in [0, 0.1) is 10.1 Å². The van der Waals surface area contributed by atoms with Crippen LogP contribution in [0.3, 0.4) is 0 Å². The minimum absolute atomic E-state index is 0.0316. The molecule has 0 spiro atoms. The van der Waals surface area contributed by atoms with Crippen molar-refractivity contribution in [2.45, 2.75) is 19.1 Å². The number of carbonyl (C=O) groups excluding carboxylic acids is 1. The van der Waals surface area contributed by atoms with Gasteiger partial charge in [-0.3, -0.25) is 14.9 Å². The zero-order valence-electron chi connectivity index (χ0n) is 9.50. The minimum atomic E-state index is -0.547. The molecule has 0 aliphatic carbocycles. The molecule has 1 N–H and O–H groups in total. The van der Waals surface area contributed by atoms with Gasteiger partial charge in [-0.2, -0.15) is 0 Å². The number of amides is 1. The van der Waals surface area contributed by atoms with Gasteiger partial charge in [0.1, 0.15) is 30.3 Å². The van der Waals surface area contributed by atoms with Crippen molar-refractivity contribution in [3.05, 3.63) is 27.8 Å². The van der Waals surface area contributed by atoms with Gasteiger partial charge in [0.15, 0.2) is 0 Å². The number of anilines is 1. The summed E-state index contributed by atoms with van der Waals surface area (Å²) in [7, 11) is 0. The second kappa shape index (κ2) is 3.67. The fourth-order valence-corrected chi connectivity index (χ4v) is 2.09. The molecule has 94 valence electrons. The molecule has 0 aromatic heterocycles. The molecular formula is C11H10N2O5. The molecule has 0 bridgehead atoms. The number of nitro benzene ring substituents is 1. The highest BCUT2D eigenvalue weighted by atomic mass is 16.6. The Bertz CT molecular complexity index is 557. The SMILES string of the molecule is CC(=O)Nc1cc2c(cc1[N+](=O)[O-])OC[C@@H]1O[C@@H]21. The number of nitrogens with zero attached hydrogens (tertiary/aromatic N) is 1. The third-order valence-electron chi connectivity index (χ3n) is 2.93. The van der Waals surface area contributed by atoms with E-state index in [9.17, 15) is 14.9 Å². The van der Waals surface area contributed by atoms with Crippen LogP contribution in [0.1, 0.15) is 18.6 Å². The minimum Gasteiger partial charge on any atom is -0.490 e. The Morgan fingerprint density at radius 3 is 3.00 bits per heavy atom. The maximum Gasteiger partial charge on any atom is 0.296 e. The lowest BCUT2D eigenvalue weighted by Gasteiger charge is -2.15. The third-order valence-corrected chi connectivity index (χ3v) is 2.93. The van der Waals surface area contributed by atoms with Crippen LogP contribution in [0.25, 0.3) is 0 Å². The molecule has 7 nitrogen and oxygen atoms in total. The van der Waals surface area contributed by atoms with Gasteiger partial charge in [-0.25, -0.2) is 0 Å². The highest BCUT2D eigenvalue weighted by molar-refractivity contribution is 5.91. The van der Waals surface area contributed by atoms with E-state index >= 15 is 0 Å². The van der Waals surface area contributed by atoms with Crippen molar-refractivity contribution in [3.8, 4) is 5.75 Å². The quantitative estimate of drug-likeness (QED) is 0.486. The van der Waals surface area contributed by atoms with E-state index in [0.717, 1.165) is 5.56 Å². The van der Waals surface area contributed by atoms with Crippen molar-refractivity contribution in [2.24, 2.45) is 0 Å². The lowest BCUT2D eigenvalue weighted by atomic mass is 10.0. The summed E-state index contributed by atoms with van der Waals surface area (Å²) in [6, 6.07) is 2.89. The smallest absolute Gasteiger partial charge is 0.296 e. The Kier molecular flexibility index (Phi) is 2.24. The number of ether oxygens (including phenoxy) is 2. The summed E-state index contributed by atoms with van der Waals surface area (Å²) in [5, 5.41) is 13.4. The summed E-state index contributed by atoms with van der Waals surface area (Å²) >= 11 is 0. The molecule has 1 aromatic carbocycles. The zero-order chi connectivity index (χ0) is 12.9. The lowest BCUT2D eigenvalue weighted by Crippen LogP contribution is -2.14. The lowest BCUT2D eigenvalue weighted by molar-refractivity contribution is -0.384. The summed E-state index contributed by atoms with van der Waals surface area (Å²) in [6.45, 7) is 1.71. The maximum absolute atomic E-state index is 11.1. The van der Waals surface area contributed by atoms with Crippen LogP contribution < -0.4 is 10.1 Å². The summed E-state index contributed by atoms with van der Waals surface area (Å²) in [5.41, 5.74) is 0.745. The van der Waals surface area contributed by atoms with Crippen molar-refractivity contribution in [3.63, 3.8) is 0 Å². The Labute approximate surface area is 102 Å². The van der Waals surface area contributed by atoms with E-state index in [1.165, 1.54) is 13.0 Å². The first-order chi connectivity index (χ1) is 8.56. The van der Waals surface area contributed by atoms with Crippen molar-refractivity contribution in [2.75, 3.05) is 11.9 Å². The van der Waals surface area contributed by atoms with Crippen LogP contribution in [0.5, 0.6) is 5.75 Å². The normalized spacial score (nSPS) is 23.4. The summed E-state index contributed by atoms with van der Waals surface area (Å²) in [5.74, 6) is 0.0950. The molecule has 0 saturated carbocycles. The molecular weight excluding hydrogens is 240 g/mol. The predicted octanol–water partition coefficient (Wildman–Crippen LogP) is 1.39. The second-order valence-electron chi connectivity index (χ2n) is 4.25. The van der Waals surface area contributed by atoms with Crippen LogP contribution in [-0.2, 0) is 9.53 Å². The largest absolute Gasteiger partial charge is 0.490 e. The highest BCUT2D eigenvalue weighted by Gasteiger charge is 2.46. The molecule has 3 rings (SSSR count). The van der Waals surface area contributed by atoms with Gasteiger partial charge in [-0.15, -0.1) is 0 Å². The third kappa shape index (κ3) is 1.68. The van der Waals surface area contributed by atoms with Crippen molar-refractivity contribution in [1.82, 2.24) is 0 Å². The molecule has 18 heavy (non-hydrogen) atoms. The standard InChI is InChI=1S/C11H10N2O5/c1-5(14)12-7-2-6-9(3-8(7)13(15)16)17-4-10-11(6)18-10/h2-3,10-11H,4H2,1H3,(H,12,14)/t10-,11-/m0/s1.